The third kappa shape index (κ3) is 78.9. The fourth-order valence-corrected chi connectivity index (χ4v) is 11.6. The second-order valence-corrected chi connectivity index (χ2v) is 28.3. The summed E-state index contributed by atoms with van der Waals surface area (Å²) in [5.74, 6) is -2.26. The van der Waals surface area contributed by atoms with E-state index in [0.717, 1.165) is 96.3 Å². The van der Waals surface area contributed by atoms with E-state index in [-0.39, 0.29) is 32.2 Å². The quantitative estimate of drug-likeness (QED) is 0.0195. The summed E-state index contributed by atoms with van der Waals surface area (Å²) in [6, 6.07) is 0. The first-order chi connectivity index (χ1) is 47.6. The molecule has 0 radical (unpaired) electrons. The van der Waals surface area contributed by atoms with Gasteiger partial charge in [-0.25, -0.2) is 0 Å². The van der Waals surface area contributed by atoms with Crippen molar-refractivity contribution in [3.8, 4) is 0 Å². The fraction of sp³-hybridized carbons (Fsp3) is 0.739. The predicted molar refractivity (Wildman–Crippen MR) is 417 cm³/mol. The highest BCUT2D eigenvalue weighted by Crippen LogP contribution is 2.19. The molecule has 2 atom stereocenters. The molecule has 0 fully saturated rings. The summed E-state index contributed by atoms with van der Waals surface area (Å²) in [7, 11) is 5.94. The number of carbonyl (C=O) groups excluding carboxylic acids is 3. The number of rotatable bonds is 75. The first-order valence-electron chi connectivity index (χ1n) is 40.7. The standard InChI is InChI=1S/C88H153NO8/c1-6-8-10-12-14-16-18-20-22-24-26-28-30-32-34-36-38-40-41-42-43-44-45-47-49-51-53-55-57-59-61-63-65-67-69-71-73-75-77-79-86(91)97-84(83-96-88(87(92)93)94-81-80-89(3,4)5)82-95-85(90)78-76-74-72-70-68-66-64-62-60-58-56-54-52-50-48-46-39-37-35-33-31-29-27-25-23-21-19-17-15-13-11-9-7-2/h8-11,14-17,20-23,26-29,32-35,84,88H,6-7,12-13,18-19,24-25,30-31,36-83H2,1-5H3/b10-8-,11-9-,16-14-,17-15-,22-20-,23-21-,28-26-,29-27-,34-32-,35-33-. The van der Waals surface area contributed by atoms with Crippen LogP contribution in [0.5, 0.6) is 0 Å². The van der Waals surface area contributed by atoms with Gasteiger partial charge < -0.3 is 33.3 Å². The summed E-state index contributed by atoms with van der Waals surface area (Å²) in [6.07, 6.45) is 108. The number of esters is 2. The SMILES string of the molecule is CC/C=C\C/C=C\C/C=C\C/C=C\C/C=C\CCCCCCCCCCCCCCCCCCCCCCCCCC(=O)OC(COC(=O)CCCCCCCCCCCCCCCCCCC/C=C\C/C=C\C/C=C\C/C=C\C/C=C\CC)COC(OCC[N+](C)(C)C)C(=O)[O-]. The lowest BCUT2D eigenvalue weighted by molar-refractivity contribution is -0.870. The van der Waals surface area contributed by atoms with E-state index < -0.39 is 24.3 Å². The molecule has 0 aliphatic carbocycles. The van der Waals surface area contributed by atoms with Crippen molar-refractivity contribution < 1.29 is 42.9 Å². The Labute approximate surface area is 599 Å². The molecule has 0 bridgehead atoms. The zero-order chi connectivity index (χ0) is 70.4. The molecule has 558 valence electrons. The molecule has 0 rings (SSSR count). The highest BCUT2D eigenvalue weighted by molar-refractivity contribution is 5.70. The van der Waals surface area contributed by atoms with E-state index >= 15 is 0 Å². The average molecular weight is 1350 g/mol. The van der Waals surface area contributed by atoms with Crippen LogP contribution in [0, 0.1) is 0 Å². The summed E-state index contributed by atoms with van der Waals surface area (Å²) in [6.45, 7) is 4.56. The van der Waals surface area contributed by atoms with Crippen LogP contribution in [0.3, 0.4) is 0 Å². The number of carboxylic acid groups (broad SMARTS) is 1. The van der Waals surface area contributed by atoms with E-state index in [1.165, 1.54) is 231 Å². The number of ether oxygens (including phenoxy) is 4. The Balaban J connectivity index is 3.99. The molecule has 0 aliphatic rings. The topological polar surface area (TPSA) is 111 Å². The van der Waals surface area contributed by atoms with E-state index in [2.05, 4.69) is 135 Å². The lowest BCUT2D eigenvalue weighted by Crippen LogP contribution is -2.44. The van der Waals surface area contributed by atoms with Crippen molar-refractivity contribution in [2.75, 3.05) is 47.5 Å². The van der Waals surface area contributed by atoms with Crippen molar-refractivity contribution in [3.63, 3.8) is 0 Å². The maximum absolute atomic E-state index is 13.0. The molecular weight excluding hydrogens is 1200 g/mol. The summed E-state index contributed by atoms with van der Waals surface area (Å²) >= 11 is 0. The van der Waals surface area contributed by atoms with Crippen LogP contribution in [0.15, 0.2) is 122 Å². The van der Waals surface area contributed by atoms with E-state index in [9.17, 15) is 19.5 Å². The second-order valence-electron chi connectivity index (χ2n) is 28.3. The zero-order valence-electron chi connectivity index (χ0n) is 63.9. The minimum absolute atomic E-state index is 0.147. The van der Waals surface area contributed by atoms with Gasteiger partial charge in [0.25, 0.3) is 0 Å². The summed E-state index contributed by atoms with van der Waals surface area (Å²) in [5, 5.41) is 11.9. The Bertz CT molecular complexity index is 2020. The number of hydrogen-bond acceptors (Lipinski definition) is 8. The minimum Gasteiger partial charge on any atom is -0.545 e. The maximum atomic E-state index is 13.0. The first-order valence-corrected chi connectivity index (χ1v) is 40.7. The highest BCUT2D eigenvalue weighted by Gasteiger charge is 2.22. The van der Waals surface area contributed by atoms with Crippen molar-refractivity contribution in [2.24, 2.45) is 0 Å². The van der Waals surface area contributed by atoms with E-state index in [0.29, 0.717) is 23.9 Å². The monoisotopic (exact) mass is 1350 g/mol. The Hall–Kier alpha value is -4.31. The van der Waals surface area contributed by atoms with Gasteiger partial charge in [0.15, 0.2) is 12.4 Å². The molecule has 0 amide bonds. The van der Waals surface area contributed by atoms with Gasteiger partial charge in [-0.3, -0.25) is 9.59 Å². The van der Waals surface area contributed by atoms with E-state index in [4.69, 9.17) is 18.9 Å². The molecule has 0 aromatic carbocycles. The van der Waals surface area contributed by atoms with Gasteiger partial charge in [-0.2, -0.15) is 0 Å². The highest BCUT2D eigenvalue weighted by atomic mass is 16.7. The lowest BCUT2D eigenvalue weighted by atomic mass is 10.0. The zero-order valence-corrected chi connectivity index (χ0v) is 63.9. The first kappa shape index (κ1) is 92.7. The van der Waals surface area contributed by atoms with Gasteiger partial charge in [-0.1, -0.05) is 367 Å². The van der Waals surface area contributed by atoms with Crippen molar-refractivity contribution >= 4 is 17.9 Å². The van der Waals surface area contributed by atoms with Crippen LogP contribution < -0.4 is 5.11 Å². The third-order valence-corrected chi connectivity index (χ3v) is 17.7. The molecule has 0 spiro atoms. The van der Waals surface area contributed by atoms with Crippen LogP contribution in [-0.2, 0) is 33.3 Å². The molecule has 0 heterocycles. The molecule has 0 aliphatic heterocycles. The van der Waals surface area contributed by atoms with Crippen molar-refractivity contribution in [1.29, 1.82) is 0 Å². The number of quaternary nitrogens is 1. The molecule has 97 heavy (non-hydrogen) atoms. The number of carbonyl (C=O) groups is 3. The number of hydrogen-bond donors (Lipinski definition) is 0. The average Bonchev–Trinajstić information content (AvgIpc) is 2.39. The molecule has 0 N–H and O–H groups in total. The summed E-state index contributed by atoms with van der Waals surface area (Å²) in [4.78, 5) is 37.6. The number of unbranched alkanes of at least 4 members (excludes halogenated alkanes) is 40. The number of aliphatic carboxylic acids is 1. The number of carboxylic acids is 1. The van der Waals surface area contributed by atoms with Crippen LogP contribution in [0.25, 0.3) is 0 Å². The molecular formula is C88H153NO8. The Morgan fingerprint density at radius 2 is 0.557 bits per heavy atom. The molecule has 0 saturated heterocycles. The third-order valence-electron chi connectivity index (χ3n) is 17.7. The van der Waals surface area contributed by atoms with Gasteiger partial charge in [0, 0.05) is 12.8 Å². The minimum atomic E-state index is -1.63. The van der Waals surface area contributed by atoms with Crippen LogP contribution in [-0.4, -0.2) is 82.3 Å². The van der Waals surface area contributed by atoms with Gasteiger partial charge >= 0.3 is 11.9 Å². The van der Waals surface area contributed by atoms with Gasteiger partial charge in [-0.05, 0) is 103 Å². The molecule has 0 aromatic heterocycles. The van der Waals surface area contributed by atoms with Crippen LogP contribution in [0.1, 0.15) is 361 Å². The van der Waals surface area contributed by atoms with Gasteiger partial charge in [0.05, 0.1) is 40.3 Å². The number of likely N-dealkylation sites (N-methyl/N-ethyl adjacent to an activating group) is 1. The maximum Gasteiger partial charge on any atom is 0.306 e. The molecule has 0 saturated carbocycles. The normalized spacial score (nSPS) is 13.3. The van der Waals surface area contributed by atoms with Crippen LogP contribution in [0.2, 0.25) is 0 Å². The molecule has 0 aromatic rings. The van der Waals surface area contributed by atoms with Gasteiger partial charge in [0.2, 0.25) is 0 Å². The molecule has 2 unspecified atom stereocenters. The predicted octanol–water partition coefficient (Wildman–Crippen LogP) is 24.9. The summed E-state index contributed by atoms with van der Waals surface area (Å²) in [5.41, 5.74) is 0. The molecule has 9 nitrogen and oxygen atoms in total. The smallest absolute Gasteiger partial charge is 0.306 e. The van der Waals surface area contributed by atoms with E-state index in [1.54, 1.807) is 0 Å². The second kappa shape index (κ2) is 77.4. The fourth-order valence-electron chi connectivity index (χ4n) is 11.6. The van der Waals surface area contributed by atoms with Gasteiger partial charge in [0.1, 0.15) is 13.2 Å². The van der Waals surface area contributed by atoms with Crippen molar-refractivity contribution in [3.05, 3.63) is 122 Å². The number of nitrogens with zero attached hydrogens (tertiary/aromatic N) is 1. The Kier molecular flexibility index (Phi) is 74.0. The lowest BCUT2D eigenvalue weighted by Gasteiger charge is -2.26. The Morgan fingerprint density at radius 1 is 0.309 bits per heavy atom. The molecule has 9 heteroatoms. The van der Waals surface area contributed by atoms with E-state index in [1.807, 2.05) is 21.1 Å². The van der Waals surface area contributed by atoms with Gasteiger partial charge in [-0.15, -0.1) is 0 Å². The largest absolute Gasteiger partial charge is 0.545 e. The summed E-state index contributed by atoms with van der Waals surface area (Å²) < 4.78 is 22.9. The number of allylic oxidation sites excluding steroid dienone is 20. The van der Waals surface area contributed by atoms with Crippen LogP contribution in [0.4, 0.5) is 0 Å². The Morgan fingerprint density at radius 3 is 0.825 bits per heavy atom. The van der Waals surface area contributed by atoms with Crippen LogP contribution >= 0.6 is 0 Å². The van der Waals surface area contributed by atoms with Crippen molar-refractivity contribution in [1.82, 2.24) is 0 Å². The van der Waals surface area contributed by atoms with Crippen molar-refractivity contribution in [2.45, 2.75) is 373 Å².